The molecule has 0 aliphatic heterocycles. The van der Waals surface area contributed by atoms with E-state index in [-0.39, 0.29) is 12.5 Å². The Morgan fingerprint density at radius 3 is 2.40 bits per heavy atom. The molecule has 0 saturated carbocycles. The van der Waals surface area contributed by atoms with Crippen LogP contribution in [0.25, 0.3) is 0 Å². The Hall–Kier alpha value is -2.08. The molecule has 6 nitrogen and oxygen atoms in total. The summed E-state index contributed by atoms with van der Waals surface area (Å²) in [5.74, 6) is -1.05. The molecule has 0 saturated heterocycles. The molecule has 20 heavy (non-hydrogen) atoms. The first kappa shape index (κ1) is 16.0. The van der Waals surface area contributed by atoms with Crippen molar-refractivity contribution in [2.24, 2.45) is 11.7 Å². The fourth-order valence-corrected chi connectivity index (χ4v) is 1.69. The van der Waals surface area contributed by atoms with Crippen molar-refractivity contribution >= 4 is 12.0 Å². The summed E-state index contributed by atoms with van der Waals surface area (Å²) in [6.07, 6.45) is -2.15. The number of nitrogens with two attached hydrogens (primary N) is 1. The normalized spacial score (nSPS) is 13.6. The van der Waals surface area contributed by atoms with Gasteiger partial charge in [-0.05, 0) is 11.5 Å². The fourth-order valence-electron chi connectivity index (χ4n) is 1.69. The van der Waals surface area contributed by atoms with Crippen LogP contribution in [-0.4, -0.2) is 29.3 Å². The van der Waals surface area contributed by atoms with Gasteiger partial charge in [0.05, 0.1) is 6.04 Å². The molecular weight excluding hydrogens is 260 g/mol. The number of carbonyl (C=O) groups is 2. The van der Waals surface area contributed by atoms with E-state index in [4.69, 9.17) is 10.5 Å². The largest absolute Gasteiger partial charge is 0.445 e. The second-order valence-electron chi connectivity index (χ2n) is 4.82. The lowest BCUT2D eigenvalue weighted by Crippen LogP contribution is -2.52. The highest BCUT2D eigenvalue weighted by molar-refractivity contribution is 5.80. The van der Waals surface area contributed by atoms with Crippen molar-refractivity contribution in [2.45, 2.75) is 32.6 Å². The molecule has 0 fully saturated rings. The maximum Gasteiger partial charge on any atom is 0.407 e. The van der Waals surface area contributed by atoms with Gasteiger partial charge in [0, 0.05) is 0 Å². The Bertz CT molecular complexity index is 448. The molecule has 2 atom stereocenters. The summed E-state index contributed by atoms with van der Waals surface area (Å²) in [5.41, 5.74) is 5.88. The zero-order valence-electron chi connectivity index (χ0n) is 11.6. The van der Waals surface area contributed by atoms with Gasteiger partial charge in [-0.1, -0.05) is 44.2 Å². The molecule has 1 rings (SSSR count). The SMILES string of the molecule is CC(C)C(NC(=O)OCc1ccccc1)C(O)C(N)=O. The highest BCUT2D eigenvalue weighted by Gasteiger charge is 2.28. The van der Waals surface area contributed by atoms with Crippen molar-refractivity contribution in [1.82, 2.24) is 5.32 Å². The summed E-state index contributed by atoms with van der Waals surface area (Å²) in [4.78, 5) is 22.6. The Balaban J connectivity index is 2.52. The number of primary amides is 1. The molecule has 1 aromatic carbocycles. The number of ether oxygens (including phenoxy) is 1. The minimum absolute atomic E-state index is 0.115. The van der Waals surface area contributed by atoms with Crippen molar-refractivity contribution in [3.05, 3.63) is 35.9 Å². The maximum atomic E-state index is 11.7. The Morgan fingerprint density at radius 1 is 1.30 bits per heavy atom. The lowest BCUT2D eigenvalue weighted by molar-refractivity contribution is -0.128. The van der Waals surface area contributed by atoms with Crippen molar-refractivity contribution in [2.75, 3.05) is 0 Å². The zero-order valence-corrected chi connectivity index (χ0v) is 11.6. The molecule has 0 spiro atoms. The van der Waals surface area contributed by atoms with Crippen LogP contribution < -0.4 is 11.1 Å². The lowest BCUT2D eigenvalue weighted by atomic mass is 9.98. The third-order valence-corrected chi connectivity index (χ3v) is 2.85. The van der Waals surface area contributed by atoms with Crippen molar-refractivity contribution in [3.8, 4) is 0 Å². The number of benzene rings is 1. The Kier molecular flexibility index (Phi) is 5.99. The van der Waals surface area contributed by atoms with Gasteiger partial charge in [0.2, 0.25) is 5.91 Å². The smallest absolute Gasteiger partial charge is 0.407 e. The van der Waals surface area contributed by atoms with E-state index in [2.05, 4.69) is 5.32 Å². The zero-order chi connectivity index (χ0) is 15.1. The highest BCUT2D eigenvalue weighted by Crippen LogP contribution is 2.08. The number of aliphatic hydroxyl groups is 1. The van der Waals surface area contributed by atoms with E-state index in [1.54, 1.807) is 13.8 Å². The molecule has 0 heterocycles. The number of carbonyl (C=O) groups excluding carboxylic acids is 2. The van der Waals surface area contributed by atoms with Crippen LogP contribution in [0, 0.1) is 5.92 Å². The molecule has 4 N–H and O–H groups in total. The molecular formula is C14H20N2O4. The molecule has 0 aliphatic rings. The van der Waals surface area contributed by atoms with E-state index in [0.717, 1.165) is 5.56 Å². The number of amides is 2. The van der Waals surface area contributed by atoms with Gasteiger partial charge in [-0.15, -0.1) is 0 Å². The third-order valence-electron chi connectivity index (χ3n) is 2.85. The lowest BCUT2D eigenvalue weighted by Gasteiger charge is -2.25. The van der Waals surface area contributed by atoms with Crippen molar-refractivity contribution in [1.29, 1.82) is 0 Å². The van der Waals surface area contributed by atoms with Crippen LogP contribution in [0.1, 0.15) is 19.4 Å². The Morgan fingerprint density at radius 2 is 1.90 bits per heavy atom. The van der Waals surface area contributed by atoms with Crippen molar-refractivity contribution < 1.29 is 19.4 Å². The quantitative estimate of drug-likeness (QED) is 0.716. The standard InChI is InChI=1S/C14H20N2O4/c1-9(2)11(12(17)13(15)18)16-14(19)20-8-10-6-4-3-5-7-10/h3-7,9,11-12,17H,8H2,1-2H3,(H2,15,18)(H,16,19). The van der Waals surface area contributed by atoms with Gasteiger partial charge in [0.1, 0.15) is 6.61 Å². The topological polar surface area (TPSA) is 102 Å². The molecule has 6 heteroatoms. The second kappa shape index (κ2) is 7.49. The summed E-state index contributed by atoms with van der Waals surface area (Å²) < 4.78 is 5.03. The summed E-state index contributed by atoms with van der Waals surface area (Å²) >= 11 is 0. The van der Waals surface area contributed by atoms with Crippen LogP contribution in [0.4, 0.5) is 4.79 Å². The monoisotopic (exact) mass is 280 g/mol. The van der Waals surface area contributed by atoms with Gasteiger partial charge >= 0.3 is 6.09 Å². The number of aliphatic hydroxyl groups excluding tert-OH is 1. The summed E-state index contributed by atoms with van der Waals surface area (Å²) in [6, 6.07) is 8.41. The number of alkyl carbamates (subject to hydrolysis) is 1. The van der Waals surface area contributed by atoms with Gasteiger partial charge in [0.25, 0.3) is 0 Å². The average molecular weight is 280 g/mol. The summed E-state index contributed by atoms with van der Waals surface area (Å²) in [7, 11) is 0. The van der Waals surface area contributed by atoms with E-state index in [1.807, 2.05) is 30.3 Å². The molecule has 110 valence electrons. The van der Waals surface area contributed by atoms with Crippen LogP contribution in [0.3, 0.4) is 0 Å². The van der Waals surface area contributed by atoms with E-state index in [9.17, 15) is 14.7 Å². The second-order valence-corrected chi connectivity index (χ2v) is 4.82. The Labute approximate surface area is 117 Å². The molecule has 1 aromatic rings. The molecule has 0 bridgehead atoms. The molecule has 2 amide bonds. The summed E-state index contributed by atoms with van der Waals surface area (Å²) in [6.45, 7) is 3.63. The predicted molar refractivity (Wildman–Crippen MR) is 73.6 cm³/mol. The minimum atomic E-state index is -1.45. The number of hydrogen-bond acceptors (Lipinski definition) is 4. The number of nitrogens with one attached hydrogen (secondary N) is 1. The first-order valence-corrected chi connectivity index (χ1v) is 6.36. The van der Waals surface area contributed by atoms with Crippen LogP contribution in [0.2, 0.25) is 0 Å². The molecule has 2 unspecified atom stereocenters. The van der Waals surface area contributed by atoms with E-state index in [1.165, 1.54) is 0 Å². The van der Waals surface area contributed by atoms with Crippen molar-refractivity contribution in [3.63, 3.8) is 0 Å². The van der Waals surface area contributed by atoms with E-state index in [0.29, 0.717) is 0 Å². The first-order chi connectivity index (χ1) is 9.41. The maximum absolute atomic E-state index is 11.7. The molecule has 0 radical (unpaired) electrons. The molecule has 0 aliphatic carbocycles. The third kappa shape index (κ3) is 4.89. The summed E-state index contributed by atoms with van der Waals surface area (Å²) in [5, 5.41) is 12.1. The van der Waals surface area contributed by atoms with Crippen LogP contribution >= 0.6 is 0 Å². The van der Waals surface area contributed by atoms with Gasteiger partial charge in [-0.3, -0.25) is 4.79 Å². The first-order valence-electron chi connectivity index (χ1n) is 6.36. The predicted octanol–water partition coefficient (Wildman–Crippen LogP) is 0.784. The van der Waals surface area contributed by atoms with Gasteiger partial charge in [-0.2, -0.15) is 0 Å². The van der Waals surface area contributed by atoms with E-state index >= 15 is 0 Å². The highest BCUT2D eigenvalue weighted by atomic mass is 16.5. The number of hydrogen-bond donors (Lipinski definition) is 3. The minimum Gasteiger partial charge on any atom is -0.445 e. The van der Waals surface area contributed by atoms with Gasteiger partial charge in [0.15, 0.2) is 6.10 Å². The average Bonchev–Trinajstić information content (AvgIpc) is 2.42. The van der Waals surface area contributed by atoms with Crippen LogP contribution in [-0.2, 0) is 16.1 Å². The molecule has 0 aromatic heterocycles. The number of rotatable bonds is 6. The van der Waals surface area contributed by atoms with Gasteiger partial charge < -0.3 is 20.9 Å². The van der Waals surface area contributed by atoms with Crippen LogP contribution in [0.5, 0.6) is 0 Å². The van der Waals surface area contributed by atoms with Gasteiger partial charge in [-0.25, -0.2) is 4.79 Å². The fraction of sp³-hybridized carbons (Fsp3) is 0.429. The van der Waals surface area contributed by atoms with Crippen LogP contribution in [0.15, 0.2) is 30.3 Å². The van der Waals surface area contributed by atoms with E-state index < -0.39 is 24.1 Å².